The number of carbonyl (C=O) groups is 3. The number of hydrogen-bond donors (Lipinski definition) is 1. The normalized spacial score (nSPS) is 18.4. The number of nitrogens with zero attached hydrogens (tertiary/aromatic N) is 1. The molecule has 0 aromatic rings. The molecule has 1 fully saturated rings. The van der Waals surface area contributed by atoms with Crippen molar-refractivity contribution in [2.75, 3.05) is 13.6 Å². The van der Waals surface area contributed by atoms with Gasteiger partial charge < -0.3 is 15.0 Å². The van der Waals surface area contributed by atoms with Gasteiger partial charge in [0.05, 0.1) is 6.04 Å². The van der Waals surface area contributed by atoms with Crippen LogP contribution in [0.4, 0.5) is 0 Å². The van der Waals surface area contributed by atoms with E-state index in [1.165, 1.54) is 0 Å². The molecule has 1 N–H and O–H groups in total. The van der Waals surface area contributed by atoms with Crippen LogP contribution in [0.15, 0.2) is 22.8 Å². The van der Waals surface area contributed by atoms with Gasteiger partial charge in [0.25, 0.3) is 5.91 Å². The Bertz CT molecular complexity index is 502. The Kier molecular flexibility index (Phi) is 7.02. The summed E-state index contributed by atoms with van der Waals surface area (Å²) in [6, 6.07) is -0.540. The topological polar surface area (TPSA) is 66.5 Å². The average molecular weight is 306 g/mol. The second-order valence-corrected chi connectivity index (χ2v) is 5.68. The first-order chi connectivity index (χ1) is 10.5. The lowest BCUT2D eigenvalue weighted by atomic mass is 9.91. The lowest BCUT2D eigenvalue weighted by molar-refractivity contribution is -0.134. The van der Waals surface area contributed by atoms with Gasteiger partial charge in [-0.3, -0.25) is 9.59 Å². The van der Waals surface area contributed by atoms with Crippen LogP contribution in [-0.2, 0) is 14.4 Å². The molecule has 1 rings (SSSR count). The third-order valence-electron chi connectivity index (χ3n) is 3.87. The highest BCUT2D eigenvalue weighted by Crippen LogP contribution is 2.28. The molecule has 122 valence electrons. The van der Waals surface area contributed by atoms with Gasteiger partial charge in [0.1, 0.15) is 6.29 Å². The second-order valence-electron chi connectivity index (χ2n) is 5.68. The fraction of sp³-hybridized carbons (Fsp3) is 0.588. The number of rotatable bonds is 6. The van der Waals surface area contributed by atoms with Crippen LogP contribution < -0.4 is 5.32 Å². The van der Waals surface area contributed by atoms with Crippen molar-refractivity contribution in [1.29, 1.82) is 0 Å². The lowest BCUT2D eigenvalue weighted by Gasteiger charge is -2.35. The number of aldehydes is 1. The molecule has 0 saturated carbocycles. The van der Waals surface area contributed by atoms with E-state index in [0.717, 1.165) is 35.8 Å². The monoisotopic (exact) mass is 306 g/mol. The SMILES string of the molecule is CC/C=C1/CCN(C(C=O)CCC(=O)NC)C(=O)C1=C(C)C. The van der Waals surface area contributed by atoms with E-state index in [2.05, 4.69) is 11.4 Å². The smallest absolute Gasteiger partial charge is 0.254 e. The molecule has 22 heavy (non-hydrogen) atoms. The van der Waals surface area contributed by atoms with Crippen LogP contribution >= 0.6 is 0 Å². The fourth-order valence-corrected chi connectivity index (χ4v) is 2.75. The van der Waals surface area contributed by atoms with Gasteiger partial charge in [-0.2, -0.15) is 0 Å². The number of allylic oxidation sites excluding steroid dienone is 2. The second kappa shape index (κ2) is 8.51. The minimum Gasteiger partial charge on any atom is -0.359 e. The lowest BCUT2D eigenvalue weighted by Crippen LogP contribution is -2.46. The standard InChI is InChI=1S/C17H26N2O3/c1-5-6-13-9-10-19(17(22)16(13)12(2)3)14(11-20)7-8-15(21)18-4/h6,11,14H,5,7-10H2,1-4H3,(H,18,21)/b13-6-. The highest BCUT2D eigenvalue weighted by atomic mass is 16.2. The van der Waals surface area contributed by atoms with Crippen LogP contribution in [0.2, 0.25) is 0 Å². The van der Waals surface area contributed by atoms with Crippen molar-refractivity contribution in [1.82, 2.24) is 10.2 Å². The van der Waals surface area contributed by atoms with E-state index in [-0.39, 0.29) is 18.2 Å². The summed E-state index contributed by atoms with van der Waals surface area (Å²) in [5.41, 5.74) is 2.75. The first-order valence-corrected chi connectivity index (χ1v) is 7.79. The van der Waals surface area contributed by atoms with Crippen LogP contribution in [0.3, 0.4) is 0 Å². The molecule has 1 heterocycles. The number of likely N-dealkylation sites (tertiary alicyclic amines) is 1. The highest BCUT2D eigenvalue weighted by Gasteiger charge is 2.32. The summed E-state index contributed by atoms with van der Waals surface area (Å²) < 4.78 is 0. The molecule has 5 heteroatoms. The van der Waals surface area contributed by atoms with Crippen LogP contribution in [0.1, 0.15) is 46.5 Å². The third-order valence-corrected chi connectivity index (χ3v) is 3.87. The predicted octanol–water partition coefficient (Wildman–Crippen LogP) is 1.99. The van der Waals surface area contributed by atoms with Gasteiger partial charge in [0, 0.05) is 25.6 Å². The van der Waals surface area contributed by atoms with Crippen LogP contribution in [0.5, 0.6) is 0 Å². The fourth-order valence-electron chi connectivity index (χ4n) is 2.75. The van der Waals surface area contributed by atoms with E-state index in [1.807, 2.05) is 20.8 Å². The Labute approximate surface area is 132 Å². The van der Waals surface area contributed by atoms with Gasteiger partial charge >= 0.3 is 0 Å². The molecule has 1 saturated heterocycles. The maximum absolute atomic E-state index is 12.7. The molecule has 1 unspecified atom stereocenters. The van der Waals surface area contributed by atoms with Gasteiger partial charge in [-0.1, -0.05) is 18.6 Å². The molecule has 0 spiro atoms. The van der Waals surface area contributed by atoms with E-state index in [0.29, 0.717) is 13.0 Å². The Morgan fingerprint density at radius 1 is 1.41 bits per heavy atom. The van der Waals surface area contributed by atoms with Gasteiger partial charge in [-0.05, 0) is 38.7 Å². The maximum Gasteiger partial charge on any atom is 0.254 e. The first kappa shape index (κ1) is 18.1. The summed E-state index contributed by atoms with van der Waals surface area (Å²) in [5, 5.41) is 2.53. The van der Waals surface area contributed by atoms with E-state index in [4.69, 9.17) is 0 Å². The van der Waals surface area contributed by atoms with Crippen LogP contribution in [-0.4, -0.2) is 42.6 Å². The maximum atomic E-state index is 12.7. The number of hydrogen-bond acceptors (Lipinski definition) is 3. The Balaban J connectivity index is 2.95. The van der Waals surface area contributed by atoms with Crippen molar-refractivity contribution in [3.63, 3.8) is 0 Å². The number of piperidine rings is 1. The van der Waals surface area contributed by atoms with E-state index in [9.17, 15) is 14.4 Å². The van der Waals surface area contributed by atoms with E-state index in [1.54, 1.807) is 11.9 Å². The molecule has 0 aliphatic carbocycles. The van der Waals surface area contributed by atoms with Crippen LogP contribution in [0, 0.1) is 0 Å². The van der Waals surface area contributed by atoms with E-state index < -0.39 is 6.04 Å². The minimum absolute atomic E-state index is 0.0973. The number of amides is 2. The number of nitrogens with one attached hydrogen (secondary N) is 1. The van der Waals surface area contributed by atoms with Crippen molar-refractivity contribution >= 4 is 18.1 Å². The molecule has 0 aromatic carbocycles. The zero-order chi connectivity index (χ0) is 16.7. The summed E-state index contributed by atoms with van der Waals surface area (Å²) in [6.45, 7) is 6.41. The molecular weight excluding hydrogens is 280 g/mol. The molecule has 5 nitrogen and oxygen atoms in total. The summed E-state index contributed by atoms with van der Waals surface area (Å²) in [7, 11) is 1.56. The summed E-state index contributed by atoms with van der Waals surface area (Å²) in [5.74, 6) is -0.217. The molecule has 1 atom stereocenters. The molecule has 0 bridgehead atoms. The molecule has 1 aliphatic heterocycles. The highest BCUT2D eigenvalue weighted by molar-refractivity contribution is 6.00. The summed E-state index contributed by atoms with van der Waals surface area (Å²) >= 11 is 0. The van der Waals surface area contributed by atoms with E-state index >= 15 is 0 Å². The summed E-state index contributed by atoms with van der Waals surface area (Å²) in [4.78, 5) is 37.1. The van der Waals surface area contributed by atoms with Gasteiger partial charge in [0.2, 0.25) is 5.91 Å². The third kappa shape index (κ3) is 4.29. The molecule has 0 aromatic heterocycles. The quantitative estimate of drug-likeness (QED) is 0.603. The Morgan fingerprint density at radius 2 is 2.09 bits per heavy atom. The van der Waals surface area contributed by atoms with Gasteiger partial charge in [-0.25, -0.2) is 0 Å². The van der Waals surface area contributed by atoms with Crippen molar-refractivity contribution in [3.8, 4) is 0 Å². The summed E-state index contributed by atoms with van der Waals surface area (Å²) in [6.07, 6.45) is 5.09. The molecule has 1 aliphatic rings. The van der Waals surface area contributed by atoms with Crippen molar-refractivity contribution in [2.45, 2.75) is 52.5 Å². The zero-order valence-corrected chi connectivity index (χ0v) is 13.9. The molecular formula is C17H26N2O3. The first-order valence-electron chi connectivity index (χ1n) is 7.79. The Hall–Kier alpha value is -1.91. The zero-order valence-electron chi connectivity index (χ0n) is 13.9. The predicted molar refractivity (Wildman–Crippen MR) is 86.2 cm³/mol. The average Bonchev–Trinajstić information content (AvgIpc) is 2.49. The molecule has 0 radical (unpaired) electrons. The van der Waals surface area contributed by atoms with Crippen molar-refractivity contribution < 1.29 is 14.4 Å². The van der Waals surface area contributed by atoms with Crippen LogP contribution in [0.25, 0.3) is 0 Å². The minimum atomic E-state index is -0.540. The van der Waals surface area contributed by atoms with Gasteiger partial charge in [0.15, 0.2) is 0 Å². The largest absolute Gasteiger partial charge is 0.359 e. The Morgan fingerprint density at radius 3 is 2.59 bits per heavy atom. The van der Waals surface area contributed by atoms with Crippen molar-refractivity contribution in [2.24, 2.45) is 0 Å². The number of carbonyl (C=O) groups excluding carboxylic acids is 3. The molecule has 2 amide bonds. The van der Waals surface area contributed by atoms with Crippen molar-refractivity contribution in [3.05, 3.63) is 22.8 Å². The van der Waals surface area contributed by atoms with Gasteiger partial charge in [-0.15, -0.1) is 0 Å².